The topological polar surface area (TPSA) is 63.7 Å². The fourth-order valence-corrected chi connectivity index (χ4v) is 4.22. The van der Waals surface area contributed by atoms with E-state index in [1.54, 1.807) is 12.1 Å². The summed E-state index contributed by atoms with van der Waals surface area (Å²) < 4.78 is 4.84. The largest absolute Gasteiger partial charge is 0.465 e. The van der Waals surface area contributed by atoms with E-state index >= 15 is 0 Å². The molecule has 0 saturated heterocycles. The lowest BCUT2D eigenvalue weighted by atomic mass is 9.87. The smallest absolute Gasteiger partial charge is 0.338 e. The first-order chi connectivity index (χ1) is 14.2. The number of benzene rings is 2. The molecule has 0 N–H and O–H groups in total. The number of fused-ring (bicyclic) bond motifs is 1. The Morgan fingerprint density at radius 1 is 0.967 bits per heavy atom. The van der Waals surface area contributed by atoms with E-state index in [2.05, 4.69) is 40.7 Å². The Kier molecular flexibility index (Phi) is 6.11. The zero-order valence-corrected chi connectivity index (χ0v) is 18.5. The average molecular weight is 408 g/mol. The zero-order valence-electron chi connectivity index (χ0n) is 18.5. The first-order valence-electron chi connectivity index (χ1n) is 10.5. The van der Waals surface area contributed by atoms with Crippen molar-refractivity contribution in [2.24, 2.45) is 0 Å². The van der Waals surface area contributed by atoms with Crippen molar-refractivity contribution in [3.05, 3.63) is 63.7 Å². The standard InChI is InChI=1S/C25H29NO4/c1-7-9-18-16(14(2)3)12-13-17(15(4)5)22(18)26-23(27)19-10-8-11-20(25(29)30-6)21(19)24(26)28/h8,10-15H,7,9H2,1-6H3. The number of esters is 1. The monoisotopic (exact) mass is 407 g/mol. The fourth-order valence-electron chi connectivity index (χ4n) is 4.22. The van der Waals surface area contributed by atoms with Gasteiger partial charge in [0.2, 0.25) is 0 Å². The summed E-state index contributed by atoms with van der Waals surface area (Å²) in [7, 11) is 1.27. The van der Waals surface area contributed by atoms with Crippen LogP contribution in [0.3, 0.4) is 0 Å². The number of imide groups is 1. The molecular formula is C25H29NO4. The molecule has 0 unspecified atom stereocenters. The Hall–Kier alpha value is -2.95. The number of ether oxygens (including phenoxy) is 1. The summed E-state index contributed by atoms with van der Waals surface area (Å²) in [4.78, 5) is 40.5. The van der Waals surface area contributed by atoms with E-state index in [9.17, 15) is 14.4 Å². The van der Waals surface area contributed by atoms with Gasteiger partial charge in [0.1, 0.15) is 0 Å². The van der Waals surface area contributed by atoms with Crippen LogP contribution in [0.25, 0.3) is 0 Å². The van der Waals surface area contributed by atoms with Gasteiger partial charge in [0.25, 0.3) is 11.8 Å². The molecule has 158 valence electrons. The molecule has 0 fully saturated rings. The Balaban J connectivity index is 2.30. The van der Waals surface area contributed by atoms with Gasteiger partial charge in [-0.1, -0.05) is 59.2 Å². The van der Waals surface area contributed by atoms with Gasteiger partial charge in [-0.3, -0.25) is 9.59 Å². The van der Waals surface area contributed by atoms with Crippen molar-refractivity contribution in [2.75, 3.05) is 12.0 Å². The maximum Gasteiger partial charge on any atom is 0.338 e. The molecule has 5 nitrogen and oxygen atoms in total. The van der Waals surface area contributed by atoms with Crippen LogP contribution < -0.4 is 4.90 Å². The van der Waals surface area contributed by atoms with E-state index in [1.165, 1.54) is 18.1 Å². The lowest BCUT2D eigenvalue weighted by molar-refractivity contribution is 0.0597. The van der Waals surface area contributed by atoms with Crippen LogP contribution in [0.15, 0.2) is 30.3 Å². The van der Waals surface area contributed by atoms with Crippen molar-refractivity contribution in [1.29, 1.82) is 0 Å². The van der Waals surface area contributed by atoms with Gasteiger partial charge in [0, 0.05) is 0 Å². The highest BCUT2D eigenvalue weighted by Gasteiger charge is 2.42. The normalized spacial score (nSPS) is 13.4. The molecule has 0 aliphatic carbocycles. The number of anilines is 1. The predicted molar refractivity (Wildman–Crippen MR) is 118 cm³/mol. The third-order valence-corrected chi connectivity index (χ3v) is 5.64. The second-order valence-corrected chi connectivity index (χ2v) is 8.30. The van der Waals surface area contributed by atoms with Gasteiger partial charge in [0.05, 0.1) is 29.5 Å². The van der Waals surface area contributed by atoms with Gasteiger partial charge in [-0.25, -0.2) is 9.69 Å². The van der Waals surface area contributed by atoms with Crippen LogP contribution in [0.4, 0.5) is 5.69 Å². The second-order valence-electron chi connectivity index (χ2n) is 8.30. The van der Waals surface area contributed by atoms with Gasteiger partial charge < -0.3 is 4.74 Å². The zero-order chi connectivity index (χ0) is 22.2. The lowest BCUT2D eigenvalue weighted by Crippen LogP contribution is -2.32. The van der Waals surface area contributed by atoms with Crippen LogP contribution >= 0.6 is 0 Å². The van der Waals surface area contributed by atoms with Crippen molar-refractivity contribution in [1.82, 2.24) is 0 Å². The van der Waals surface area contributed by atoms with Crippen LogP contribution in [0, 0.1) is 0 Å². The van der Waals surface area contributed by atoms with E-state index in [0.717, 1.165) is 29.5 Å². The highest BCUT2D eigenvalue weighted by atomic mass is 16.5. The number of carbonyl (C=O) groups excluding carboxylic acids is 3. The summed E-state index contributed by atoms with van der Waals surface area (Å²) >= 11 is 0. The molecule has 0 spiro atoms. The van der Waals surface area contributed by atoms with Crippen LogP contribution in [0.2, 0.25) is 0 Å². The molecule has 3 rings (SSSR count). The molecule has 0 atom stereocenters. The Morgan fingerprint density at radius 3 is 2.17 bits per heavy atom. The summed E-state index contributed by atoms with van der Waals surface area (Å²) in [6, 6.07) is 8.88. The summed E-state index contributed by atoms with van der Waals surface area (Å²) in [6.45, 7) is 10.4. The van der Waals surface area contributed by atoms with Gasteiger partial charge in [0.15, 0.2) is 0 Å². The van der Waals surface area contributed by atoms with Crippen LogP contribution in [-0.4, -0.2) is 24.9 Å². The number of hydrogen-bond donors (Lipinski definition) is 0. The molecule has 0 radical (unpaired) electrons. The minimum atomic E-state index is -0.622. The van der Waals surface area contributed by atoms with E-state index in [-0.39, 0.29) is 34.4 Å². The SMILES string of the molecule is CCCc1c(C(C)C)ccc(C(C)C)c1N1C(=O)c2cccc(C(=O)OC)c2C1=O. The Morgan fingerprint density at radius 2 is 1.60 bits per heavy atom. The molecule has 1 aliphatic rings. The number of nitrogens with zero attached hydrogens (tertiary/aromatic N) is 1. The summed E-state index contributed by atoms with van der Waals surface area (Å²) in [5, 5.41) is 0. The first-order valence-corrected chi connectivity index (χ1v) is 10.5. The molecule has 1 aliphatic heterocycles. The fraction of sp³-hybridized carbons (Fsp3) is 0.400. The van der Waals surface area contributed by atoms with Crippen molar-refractivity contribution >= 4 is 23.5 Å². The van der Waals surface area contributed by atoms with Crippen LogP contribution in [0.1, 0.15) is 101 Å². The molecule has 5 heteroatoms. The third-order valence-electron chi connectivity index (χ3n) is 5.64. The van der Waals surface area contributed by atoms with Gasteiger partial charge in [-0.15, -0.1) is 0 Å². The average Bonchev–Trinajstić information content (AvgIpc) is 2.97. The number of methoxy groups -OCH3 is 1. The second kappa shape index (κ2) is 8.42. The molecule has 1 heterocycles. The van der Waals surface area contributed by atoms with E-state index in [1.807, 2.05) is 6.07 Å². The van der Waals surface area contributed by atoms with Crippen LogP contribution in [0.5, 0.6) is 0 Å². The maximum atomic E-state index is 13.6. The minimum absolute atomic E-state index is 0.124. The van der Waals surface area contributed by atoms with E-state index in [0.29, 0.717) is 5.69 Å². The summed E-state index contributed by atoms with van der Waals surface area (Å²) in [6.07, 6.45) is 1.66. The predicted octanol–water partition coefficient (Wildman–Crippen LogP) is 5.47. The minimum Gasteiger partial charge on any atom is -0.465 e. The third kappa shape index (κ3) is 3.42. The van der Waals surface area contributed by atoms with Crippen molar-refractivity contribution in [3.8, 4) is 0 Å². The number of rotatable bonds is 6. The molecular weight excluding hydrogens is 378 g/mol. The quantitative estimate of drug-likeness (QED) is 0.470. The molecule has 0 saturated carbocycles. The first kappa shape index (κ1) is 21.8. The van der Waals surface area contributed by atoms with E-state index in [4.69, 9.17) is 4.74 Å². The van der Waals surface area contributed by atoms with Crippen molar-refractivity contribution in [3.63, 3.8) is 0 Å². The van der Waals surface area contributed by atoms with Gasteiger partial charge in [-0.2, -0.15) is 0 Å². The molecule has 0 bridgehead atoms. The molecule has 30 heavy (non-hydrogen) atoms. The van der Waals surface area contributed by atoms with Gasteiger partial charge in [-0.05, 0) is 47.1 Å². The lowest BCUT2D eigenvalue weighted by Gasteiger charge is -2.27. The number of hydrogen-bond acceptors (Lipinski definition) is 4. The summed E-state index contributed by atoms with van der Waals surface area (Å²) in [5.41, 5.74) is 4.31. The molecule has 2 amide bonds. The Labute approximate surface area is 178 Å². The molecule has 2 aromatic carbocycles. The van der Waals surface area contributed by atoms with Crippen molar-refractivity contribution in [2.45, 2.75) is 59.3 Å². The Bertz CT molecular complexity index is 1020. The summed E-state index contributed by atoms with van der Waals surface area (Å²) in [5.74, 6) is -1.09. The highest BCUT2D eigenvalue weighted by molar-refractivity contribution is 6.36. The van der Waals surface area contributed by atoms with Crippen molar-refractivity contribution < 1.29 is 19.1 Å². The van der Waals surface area contributed by atoms with Crippen LogP contribution in [-0.2, 0) is 11.2 Å². The highest BCUT2D eigenvalue weighted by Crippen LogP contribution is 2.41. The van der Waals surface area contributed by atoms with E-state index < -0.39 is 11.9 Å². The maximum absolute atomic E-state index is 13.6. The molecule has 0 aromatic heterocycles. The molecule has 2 aromatic rings. The number of amides is 2. The number of carbonyl (C=O) groups is 3. The van der Waals surface area contributed by atoms with Gasteiger partial charge >= 0.3 is 5.97 Å².